The lowest BCUT2D eigenvalue weighted by Gasteiger charge is -2.23. The van der Waals surface area contributed by atoms with Crippen molar-refractivity contribution >= 4 is 35.1 Å². The SMILES string of the molecule is COCCc1nc2cc(NC(=O)C3CC34CCNCC4)ccc2o1.Cl. The Morgan fingerprint density at radius 1 is 1.44 bits per heavy atom. The van der Waals surface area contributed by atoms with E-state index >= 15 is 0 Å². The van der Waals surface area contributed by atoms with Crippen LogP contribution in [0.15, 0.2) is 22.6 Å². The molecular formula is C18H24ClN3O3. The van der Waals surface area contributed by atoms with Crippen molar-refractivity contribution < 1.29 is 13.9 Å². The molecule has 2 fully saturated rings. The smallest absolute Gasteiger partial charge is 0.228 e. The van der Waals surface area contributed by atoms with Gasteiger partial charge < -0.3 is 19.8 Å². The van der Waals surface area contributed by atoms with Crippen molar-refractivity contribution in [3.8, 4) is 0 Å². The average molecular weight is 366 g/mol. The van der Waals surface area contributed by atoms with Crippen LogP contribution in [0, 0.1) is 11.3 Å². The quantitative estimate of drug-likeness (QED) is 0.852. The van der Waals surface area contributed by atoms with Gasteiger partial charge in [0.05, 0.1) is 6.61 Å². The third kappa shape index (κ3) is 3.66. The second kappa shape index (κ2) is 7.32. The van der Waals surface area contributed by atoms with Gasteiger partial charge in [0.1, 0.15) is 5.52 Å². The van der Waals surface area contributed by atoms with E-state index in [4.69, 9.17) is 9.15 Å². The molecule has 1 aliphatic carbocycles. The van der Waals surface area contributed by atoms with Crippen molar-refractivity contribution in [3.05, 3.63) is 24.1 Å². The highest BCUT2D eigenvalue weighted by atomic mass is 35.5. The lowest BCUT2D eigenvalue weighted by Crippen LogP contribution is -2.31. The molecule has 1 aromatic heterocycles. The zero-order chi connectivity index (χ0) is 16.6. The Kier molecular flexibility index (Phi) is 5.32. The van der Waals surface area contributed by atoms with E-state index in [2.05, 4.69) is 15.6 Å². The third-order valence-corrected chi connectivity index (χ3v) is 5.32. The number of ether oxygens (including phenoxy) is 1. The van der Waals surface area contributed by atoms with Gasteiger partial charge in [-0.3, -0.25) is 4.79 Å². The normalized spacial score (nSPS) is 21.1. The molecule has 1 amide bonds. The van der Waals surface area contributed by atoms with E-state index in [1.165, 1.54) is 0 Å². The van der Waals surface area contributed by atoms with Crippen LogP contribution < -0.4 is 10.6 Å². The van der Waals surface area contributed by atoms with E-state index < -0.39 is 0 Å². The van der Waals surface area contributed by atoms with E-state index in [9.17, 15) is 4.79 Å². The number of fused-ring (bicyclic) bond motifs is 1. The molecule has 0 bridgehead atoms. The fourth-order valence-corrected chi connectivity index (χ4v) is 3.77. The van der Waals surface area contributed by atoms with Crippen molar-refractivity contribution in [1.82, 2.24) is 10.3 Å². The molecule has 1 aromatic carbocycles. The average Bonchev–Trinajstić information content (AvgIpc) is 3.12. The van der Waals surface area contributed by atoms with E-state index in [0.717, 1.165) is 49.1 Å². The van der Waals surface area contributed by atoms with Crippen LogP contribution in [0.5, 0.6) is 0 Å². The largest absolute Gasteiger partial charge is 0.441 e. The van der Waals surface area contributed by atoms with Gasteiger partial charge in [-0.05, 0) is 56.0 Å². The molecule has 2 heterocycles. The number of benzene rings is 1. The van der Waals surface area contributed by atoms with Crippen LogP contribution in [0.25, 0.3) is 11.1 Å². The predicted octanol–water partition coefficient (Wildman–Crippen LogP) is 2.77. The number of amides is 1. The fraction of sp³-hybridized carbons (Fsp3) is 0.556. The number of nitrogens with one attached hydrogen (secondary N) is 2. The number of oxazole rings is 1. The zero-order valence-corrected chi connectivity index (χ0v) is 15.2. The summed E-state index contributed by atoms with van der Waals surface area (Å²) in [7, 11) is 1.66. The zero-order valence-electron chi connectivity index (χ0n) is 14.3. The first-order valence-corrected chi connectivity index (χ1v) is 8.60. The molecule has 7 heteroatoms. The van der Waals surface area contributed by atoms with Gasteiger partial charge in [-0.15, -0.1) is 12.4 Å². The van der Waals surface area contributed by atoms with Crippen molar-refractivity contribution in [2.75, 3.05) is 32.1 Å². The summed E-state index contributed by atoms with van der Waals surface area (Å²) in [6, 6.07) is 5.62. The van der Waals surface area contributed by atoms with Gasteiger partial charge in [0.2, 0.25) is 5.91 Å². The lowest BCUT2D eigenvalue weighted by molar-refractivity contribution is -0.118. The topological polar surface area (TPSA) is 76.4 Å². The highest BCUT2D eigenvalue weighted by molar-refractivity contribution is 5.96. The van der Waals surface area contributed by atoms with Crippen LogP contribution in [0.4, 0.5) is 5.69 Å². The molecule has 2 aromatic rings. The predicted molar refractivity (Wildman–Crippen MR) is 98.1 cm³/mol. The Morgan fingerprint density at radius 3 is 3.00 bits per heavy atom. The van der Waals surface area contributed by atoms with Crippen LogP contribution in [0.2, 0.25) is 0 Å². The molecule has 6 nitrogen and oxygen atoms in total. The lowest BCUT2D eigenvalue weighted by atomic mass is 9.92. The van der Waals surface area contributed by atoms with Gasteiger partial charge in [-0.2, -0.15) is 0 Å². The first-order valence-electron chi connectivity index (χ1n) is 8.60. The minimum atomic E-state index is 0. The Morgan fingerprint density at radius 2 is 2.24 bits per heavy atom. The molecule has 4 rings (SSSR count). The Labute approximate surface area is 153 Å². The summed E-state index contributed by atoms with van der Waals surface area (Å²) in [5.41, 5.74) is 2.54. The van der Waals surface area contributed by atoms with E-state index in [0.29, 0.717) is 18.9 Å². The fourth-order valence-electron chi connectivity index (χ4n) is 3.77. The van der Waals surface area contributed by atoms with Gasteiger partial charge >= 0.3 is 0 Å². The summed E-state index contributed by atoms with van der Waals surface area (Å²) >= 11 is 0. The number of carbonyl (C=O) groups excluding carboxylic acids is 1. The monoisotopic (exact) mass is 365 g/mol. The second-order valence-electron chi connectivity index (χ2n) is 6.89. The van der Waals surface area contributed by atoms with Gasteiger partial charge in [-0.25, -0.2) is 4.98 Å². The van der Waals surface area contributed by atoms with E-state index in [1.54, 1.807) is 7.11 Å². The number of nitrogens with zero attached hydrogens (tertiary/aromatic N) is 1. The number of hydrogen-bond donors (Lipinski definition) is 2. The van der Waals surface area contributed by atoms with Crippen molar-refractivity contribution in [1.29, 1.82) is 0 Å². The summed E-state index contributed by atoms with van der Waals surface area (Å²) in [5, 5.41) is 6.42. The highest BCUT2D eigenvalue weighted by Crippen LogP contribution is 2.58. The Hall–Kier alpha value is -1.63. The molecule has 2 aliphatic rings. The molecule has 136 valence electrons. The Balaban J connectivity index is 0.00000182. The molecule has 2 N–H and O–H groups in total. The maximum absolute atomic E-state index is 12.5. The molecule has 1 saturated heterocycles. The minimum Gasteiger partial charge on any atom is -0.441 e. The van der Waals surface area contributed by atoms with Crippen LogP contribution in [-0.2, 0) is 16.0 Å². The van der Waals surface area contributed by atoms with Crippen LogP contribution in [0.3, 0.4) is 0 Å². The van der Waals surface area contributed by atoms with E-state index in [1.807, 2.05) is 18.2 Å². The number of aromatic nitrogens is 1. The molecule has 1 spiro atoms. The number of piperidine rings is 1. The first-order chi connectivity index (χ1) is 11.7. The number of halogens is 1. The van der Waals surface area contributed by atoms with Gasteiger partial charge in [0.15, 0.2) is 11.5 Å². The molecule has 1 unspecified atom stereocenters. The molecular weight excluding hydrogens is 342 g/mol. The van der Waals surface area contributed by atoms with E-state index in [-0.39, 0.29) is 29.6 Å². The summed E-state index contributed by atoms with van der Waals surface area (Å²) in [5.74, 6) is 0.954. The second-order valence-corrected chi connectivity index (χ2v) is 6.89. The number of methoxy groups -OCH3 is 1. The molecule has 1 atom stereocenters. The minimum absolute atomic E-state index is 0. The standard InChI is InChI=1S/C18H23N3O3.ClH/c1-23-9-4-16-21-14-10-12(2-3-15(14)24-16)20-17(22)13-11-18(13)5-7-19-8-6-18;/h2-3,10,13,19H,4-9,11H2,1H3,(H,20,22);1H. The number of carbonyl (C=O) groups is 1. The molecule has 1 aliphatic heterocycles. The maximum Gasteiger partial charge on any atom is 0.228 e. The van der Waals surface area contributed by atoms with Gasteiger partial charge in [0, 0.05) is 25.1 Å². The summed E-state index contributed by atoms with van der Waals surface area (Å²) < 4.78 is 10.7. The molecule has 1 saturated carbocycles. The van der Waals surface area contributed by atoms with Crippen molar-refractivity contribution in [3.63, 3.8) is 0 Å². The Bertz CT molecular complexity index is 755. The van der Waals surface area contributed by atoms with Gasteiger partial charge in [0.25, 0.3) is 0 Å². The first kappa shape index (κ1) is 18.2. The van der Waals surface area contributed by atoms with Gasteiger partial charge in [-0.1, -0.05) is 0 Å². The van der Waals surface area contributed by atoms with Crippen LogP contribution in [-0.4, -0.2) is 37.7 Å². The summed E-state index contributed by atoms with van der Waals surface area (Å²) in [6.45, 7) is 2.63. The summed E-state index contributed by atoms with van der Waals surface area (Å²) in [4.78, 5) is 17.0. The number of hydrogen-bond acceptors (Lipinski definition) is 5. The highest BCUT2D eigenvalue weighted by Gasteiger charge is 2.57. The molecule has 0 radical (unpaired) electrons. The number of rotatable bonds is 5. The van der Waals surface area contributed by atoms with Crippen molar-refractivity contribution in [2.45, 2.75) is 25.7 Å². The third-order valence-electron chi connectivity index (χ3n) is 5.32. The maximum atomic E-state index is 12.5. The summed E-state index contributed by atoms with van der Waals surface area (Å²) in [6.07, 6.45) is 3.88. The van der Waals surface area contributed by atoms with Crippen LogP contribution in [0.1, 0.15) is 25.2 Å². The number of anilines is 1. The van der Waals surface area contributed by atoms with Crippen molar-refractivity contribution in [2.24, 2.45) is 11.3 Å². The van der Waals surface area contributed by atoms with Crippen LogP contribution >= 0.6 is 12.4 Å². The molecule has 25 heavy (non-hydrogen) atoms.